The van der Waals surface area contributed by atoms with Gasteiger partial charge in [-0.2, -0.15) is 0 Å². The Hall–Kier alpha value is -3.10. The summed E-state index contributed by atoms with van der Waals surface area (Å²) in [6.07, 6.45) is 28.1. The number of nitrogens with zero attached hydrogens (tertiary/aromatic N) is 2. The second-order valence-electron chi connectivity index (χ2n) is 12.2. The average molecular weight is 579 g/mol. The summed E-state index contributed by atoms with van der Waals surface area (Å²) in [5.74, 6) is 9.45. The monoisotopic (exact) mass is 578 g/mol. The van der Waals surface area contributed by atoms with Crippen molar-refractivity contribution >= 4 is 11.4 Å². The van der Waals surface area contributed by atoms with Gasteiger partial charge in [-0.05, 0) is 42.9 Å². The molecule has 0 aliphatic rings. The van der Waals surface area contributed by atoms with E-state index in [9.17, 15) is 0 Å². The lowest BCUT2D eigenvalue weighted by Gasteiger charge is -2.12. The van der Waals surface area contributed by atoms with E-state index in [0.717, 1.165) is 41.5 Å². The van der Waals surface area contributed by atoms with Crippen LogP contribution in [-0.2, 0) is 6.42 Å². The maximum absolute atomic E-state index is 9.14. The standard InChI is InChI=1S/C41H58N2/c1-4-6-8-9-10-11-12-13-14-15-16-17-18-19-20-21-22-23-27-38(33-34-43-42)41(40-28-24-25-36(3)35-40)39-31-29-37(30-32-39)26-7-5-2/h24-25,28-33,35H,4-22,26H2,1-3H3. The van der Waals surface area contributed by atoms with Crippen molar-refractivity contribution < 1.29 is 4.79 Å². The minimum atomic E-state index is 0.834. The third kappa shape index (κ3) is 16.4. The second-order valence-corrected chi connectivity index (χ2v) is 12.2. The number of allylic oxidation sites excluding steroid dienone is 2. The molecule has 0 radical (unpaired) electrons. The first kappa shape index (κ1) is 36.1. The van der Waals surface area contributed by atoms with Gasteiger partial charge in [-0.15, -0.1) is 4.79 Å². The zero-order chi connectivity index (χ0) is 30.8. The Bertz CT molecular complexity index is 1190. The molecule has 0 amide bonds. The largest absolute Gasteiger partial charge is 0.348 e. The summed E-state index contributed by atoms with van der Waals surface area (Å²) in [4.78, 5) is 3.13. The van der Waals surface area contributed by atoms with E-state index in [2.05, 4.69) is 91.8 Å². The van der Waals surface area contributed by atoms with Crippen LogP contribution < -0.4 is 0 Å². The molecule has 2 heteroatoms. The molecule has 43 heavy (non-hydrogen) atoms. The maximum Gasteiger partial charge on any atom is 0.301 e. The lowest BCUT2D eigenvalue weighted by Crippen LogP contribution is -1.95. The van der Waals surface area contributed by atoms with E-state index >= 15 is 0 Å². The molecular weight excluding hydrogens is 520 g/mol. The van der Waals surface area contributed by atoms with E-state index in [1.54, 1.807) is 6.08 Å². The predicted octanol–water partition coefficient (Wildman–Crippen LogP) is 12.3. The van der Waals surface area contributed by atoms with Gasteiger partial charge in [0.2, 0.25) is 0 Å². The number of benzene rings is 2. The number of unbranched alkanes of at least 4 members (excludes halogenated alkanes) is 17. The van der Waals surface area contributed by atoms with E-state index in [-0.39, 0.29) is 0 Å². The SMILES string of the molecule is CCCCCCCCCCCCCCCCCCC#CC(C=C=[N+]=[N-])=C(c1ccc(CCCC)cc1)c1cccc(C)c1. The van der Waals surface area contributed by atoms with Crippen LogP contribution in [0.1, 0.15) is 158 Å². The number of hydrogen-bond donors (Lipinski definition) is 0. The summed E-state index contributed by atoms with van der Waals surface area (Å²) in [5, 5.41) is 0. The van der Waals surface area contributed by atoms with Crippen molar-refractivity contribution in [2.24, 2.45) is 0 Å². The van der Waals surface area contributed by atoms with Crippen molar-refractivity contribution in [1.29, 1.82) is 0 Å². The molecule has 0 bridgehead atoms. The van der Waals surface area contributed by atoms with E-state index in [0.29, 0.717) is 0 Å². The van der Waals surface area contributed by atoms with Gasteiger partial charge in [0.25, 0.3) is 0 Å². The van der Waals surface area contributed by atoms with Crippen LogP contribution in [0.15, 0.2) is 60.2 Å². The summed E-state index contributed by atoms with van der Waals surface area (Å²) >= 11 is 0. The second kappa shape index (κ2) is 24.4. The van der Waals surface area contributed by atoms with Gasteiger partial charge in [-0.25, -0.2) is 0 Å². The highest BCUT2D eigenvalue weighted by Gasteiger charge is 2.11. The van der Waals surface area contributed by atoms with E-state index in [1.807, 2.05) is 0 Å². The molecule has 0 saturated carbocycles. The van der Waals surface area contributed by atoms with Gasteiger partial charge < -0.3 is 5.53 Å². The molecule has 2 aromatic carbocycles. The van der Waals surface area contributed by atoms with Crippen molar-refractivity contribution in [3.63, 3.8) is 0 Å². The van der Waals surface area contributed by atoms with Gasteiger partial charge in [-0.3, -0.25) is 0 Å². The van der Waals surface area contributed by atoms with Gasteiger partial charge in [0.1, 0.15) is 0 Å². The summed E-state index contributed by atoms with van der Waals surface area (Å²) in [6.45, 7) is 6.63. The molecule has 0 aliphatic heterocycles. The van der Waals surface area contributed by atoms with Crippen LogP contribution in [-0.4, -0.2) is 10.7 Å². The Morgan fingerprint density at radius 1 is 0.674 bits per heavy atom. The fourth-order valence-corrected chi connectivity index (χ4v) is 5.68. The lowest BCUT2D eigenvalue weighted by atomic mass is 9.91. The van der Waals surface area contributed by atoms with Gasteiger partial charge in [0, 0.05) is 17.6 Å². The molecule has 2 rings (SSSR count). The van der Waals surface area contributed by atoms with Gasteiger partial charge in [0.15, 0.2) is 0 Å². The van der Waals surface area contributed by atoms with Crippen molar-refractivity contribution in [3.8, 4) is 11.8 Å². The quantitative estimate of drug-likeness (QED) is 0.0333. The first-order valence-electron chi connectivity index (χ1n) is 17.5. The molecule has 0 saturated heterocycles. The average Bonchev–Trinajstić information content (AvgIpc) is 3.02. The van der Waals surface area contributed by atoms with Crippen LogP contribution in [0.4, 0.5) is 0 Å². The summed E-state index contributed by atoms with van der Waals surface area (Å²) in [5.41, 5.74) is 15.8. The summed E-state index contributed by atoms with van der Waals surface area (Å²) in [7, 11) is 0. The smallest absolute Gasteiger partial charge is 0.301 e. The Morgan fingerprint density at radius 2 is 1.23 bits per heavy atom. The Morgan fingerprint density at radius 3 is 1.77 bits per heavy atom. The Balaban J connectivity index is 1.85. The zero-order valence-electron chi connectivity index (χ0n) is 27.7. The highest BCUT2D eigenvalue weighted by molar-refractivity contribution is 5.88. The molecule has 2 aromatic rings. The molecule has 0 heterocycles. The van der Waals surface area contributed by atoms with Crippen LogP contribution in [0.25, 0.3) is 11.1 Å². The van der Waals surface area contributed by atoms with Crippen LogP contribution in [0.3, 0.4) is 0 Å². The molecule has 0 fully saturated rings. The number of aryl methyl sites for hydroxylation is 2. The predicted molar refractivity (Wildman–Crippen MR) is 187 cm³/mol. The Labute approximate surface area is 264 Å². The fraction of sp³-hybridized carbons (Fsp3) is 0.561. The molecule has 0 aromatic heterocycles. The zero-order valence-corrected chi connectivity index (χ0v) is 27.7. The molecular formula is C41H58N2. The molecule has 0 unspecified atom stereocenters. The minimum Gasteiger partial charge on any atom is -0.348 e. The van der Waals surface area contributed by atoms with Crippen LogP contribution in [0, 0.1) is 18.8 Å². The number of hydrogen-bond acceptors (Lipinski definition) is 0. The highest BCUT2D eigenvalue weighted by atomic mass is 14.8. The van der Waals surface area contributed by atoms with Crippen molar-refractivity contribution in [2.45, 2.75) is 149 Å². The van der Waals surface area contributed by atoms with Crippen LogP contribution in [0.2, 0.25) is 0 Å². The molecule has 2 nitrogen and oxygen atoms in total. The van der Waals surface area contributed by atoms with Gasteiger partial charge in [-0.1, -0.05) is 183 Å². The van der Waals surface area contributed by atoms with Crippen LogP contribution in [0.5, 0.6) is 0 Å². The fourth-order valence-electron chi connectivity index (χ4n) is 5.68. The summed E-state index contributed by atoms with van der Waals surface area (Å²) in [6, 6.07) is 17.4. The van der Waals surface area contributed by atoms with Crippen LogP contribution >= 0.6 is 0 Å². The third-order valence-electron chi connectivity index (χ3n) is 8.28. The lowest BCUT2D eigenvalue weighted by molar-refractivity contribution is 0.00802. The van der Waals surface area contributed by atoms with E-state index < -0.39 is 0 Å². The molecule has 0 aliphatic carbocycles. The highest BCUT2D eigenvalue weighted by Crippen LogP contribution is 2.29. The summed E-state index contributed by atoms with van der Waals surface area (Å²) < 4.78 is 0. The topological polar surface area (TPSA) is 36.4 Å². The van der Waals surface area contributed by atoms with Crippen molar-refractivity contribution in [3.05, 3.63) is 88.0 Å². The van der Waals surface area contributed by atoms with Gasteiger partial charge >= 0.3 is 5.87 Å². The molecule has 0 N–H and O–H groups in total. The molecule has 0 spiro atoms. The first-order valence-corrected chi connectivity index (χ1v) is 17.5. The van der Waals surface area contributed by atoms with Crippen molar-refractivity contribution in [1.82, 2.24) is 0 Å². The normalized spacial score (nSPS) is 11.2. The molecule has 0 atom stereocenters. The Kier molecular flexibility index (Phi) is 20.4. The van der Waals surface area contributed by atoms with Gasteiger partial charge in [0.05, 0.1) is 6.08 Å². The first-order chi connectivity index (χ1) is 21.2. The number of rotatable bonds is 22. The molecule has 232 valence electrons. The van der Waals surface area contributed by atoms with Crippen molar-refractivity contribution in [2.75, 3.05) is 0 Å². The maximum atomic E-state index is 9.14. The van der Waals surface area contributed by atoms with E-state index in [4.69, 9.17) is 5.53 Å². The third-order valence-corrected chi connectivity index (χ3v) is 8.28. The minimum absolute atomic E-state index is 0.834. The van der Waals surface area contributed by atoms with E-state index in [1.165, 1.54) is 120 Å².